The summed E-state index contributed by atoms with van der Waals surface area (Å²) >= 11 is 0. The fourth-order valence-electron chi connectivity index (χ4n) is 2.91. The number of benzene rings is 2. The van der Waals surface area contributed by atoms with Gasteiger partial charge in [-0.1, -0.05) is 24.3 Å². The third-order valence-corrected chi connectivity index (χ3v) is 4.23. The van der Waals surface area contributed by atoms with Crippen LogP contribution < -0.4 is 0 Å². The van der Waals surface area contributed by atoms with Gasteiger partial charge in [0.25, 0.3) is 0 Å². The number of halogens is 2. The number of nitrogens with zero attached hydrogens (tertiary/aromatic N) is 2. The summed E-state index contributed by atoms with van der Waals surface area (Å²) in [5.74, 6) is -0.587. The van der Waals surface area contributed by atoms with Gasteiger partial charge in [-0.3, -0.25) is 9.69 Å². The molecule has 0 saturated carbocycles. The lowest BCUT2D eigenvalue weighted by Crippen LogP contribution is -2.40. The molecule has 1 unspecified atom stereocenters. The average molecular weight is 346 g/mol. The van der Waals surface area contributed by atoms with Crippen LogP contribution in [0.5, 0.6) is 0 Å². The number of likely N-dealkylation sites (N-methyl/N-ethyl adjacent to an activating group) is 2. The van der Waals surface area contributed by atoms with Gasteiger partial charge in [-0.2, -0.15) is 0 Å². The lowest BCUT2D eigenvalue weighted by Gasteiger charge is -2.30. The third-order valence-electron chi connectivity index (χ3n) is 4.23. The zero-order chi connectivity index (χ0) is 18.4. The van der Waals surface area contributed by atoms with Gasteiger partial charge in [-0.05, 0) is 56.3 Å². The topological polar surface area (TPSA) is 23.6 Å². The Balaban J connectivity index is 2.00. The molecule has 0 saturated heterocycles. The van der Waals surface area contributed by atoms with E-state index >= 15 is 0 Å². The maximum atomic E-state index is 13.3. The Labute approximate surface area is 147 Å². The molecule has 0 aliphatic heterocycles. The first-order valence-electron chi connectivity index (χ1n) is 8.38. The lowest BCUT2D eigenvalue weighted by atomic mass is 10.1. The van der Waals surface area contributed by atoms with Crippen LogP contribution in [-0.2, 0) is 11.3 Å². The average Bonchev–Trinajstić information content (AvgIpc) is 2.55. The largest absolute Gasteiger partial charge is 0.335 e. The molecule has 0 bridgehead atoms. The predicted molar refractivity (Wildman–Crippen MR) is 94.9 cm³/mol. The van der Waals surface area contributed by atoms with Crippen molar-refractivity contribution in [3.05, 3.63) is 71.3 Å². The molecule has 0 heterocycles. The highest BCUT2D eigenvalue weighted by atomic mass is 19.1. The number of carbonyl (C=O) groups excluding carboxylic acids is 1. The van der Waals surface area contributed by atoms with Crippen molar-refractivity contribution in [1.29, 1.82) is 0 Å². The summed E-state index contributed by atoms with van der Waals surface area (Å²) in [5, 5.41) is 0. The van der Waals surface area contributed by atoms with Gasteiger partial charge in [0.05, 0.1) is 12.6 Å². The van der Waals surface area contributed by atoms with E-state index < -0.39 is 0 Å². The molecule has 2 aromatic carbocycles. The van der Waals surface area contributed by atoms with Crippen LogP contribution in [0.4, 0.5) is 8.78 Å². The van der Waals surface area contributed by atoms with Crippen molar-refractivity contribution >= 4 is 5.91 Å². The maximum Gasteiger partial charge on any atom is 0.237 e. The first kappa shape index (κ1) is 19.1. The molecule has 2 aromatic rings. The number of rotatable bonds is 7. The Morgan fingerprint density at radius 2 is 1.76 bits per heavy atom. The number of hydrogen-bond donors (Lipinski definition) is 0. The molecule has 2 rings (SSSR count). The van der Waals surface area contributed by atoms with Crippen molar-refractivity contribution in [3.8, 4) is 0 Å². The van der Waals surface area contributed by atoms with E-state index in [4.69, 9.17) is 0 Å². The van der Waals surface area contributed by atoms with E-state index in [1.807, 2.05) is 31.9 Å². The molecule has 1 atom stereocenters. The summed E-state index contributed by atoms with van der Waals surface area (Å²) in [4.78, 5) is 16.3. The van der Waals surface area contributed by atoms with E-state index in [2.05, 4.69) is 0 Å². The van der Waals surface area contributed by atoms with E-state index in [0.29, 0.717) is 13.1 Å². The van der Waals surface area contributed by atoms with Gasteiger partial charge in [0, 0.05) is 13.1 Å². The Hall–Kier alpha value is -2.27. The van der Waals surface area contributed by atoms with Crippen LogP contribution in [0.15, 0.2) is 48.5 Å². The van der Waals surface area contributed by atoms with Gasteiger partial charge in [0.1, 0.15) is 11.6 Å². The van der Waals surface area contributed by atoms with E-state index in [1.54, 1.807) is 23.1 Å². The highest BCUT2D eigenvalue weighted by Gasteiger charge is 2.21. The normalized spacial score (nSPS) is 12.2. The van der Waals surface area contributed by atoms with Crippen molar-refractivity contribution in [3.63, 3.8) is 0 Å². The molecule has 0 spiro atoms. The summed E-state index contributed by atoms with van der Waals surface area (Å²) in [5.41, 5.74) is 1.72. The van der Waals surface area contributed by atoms with E-state index in [0.717, 1.165) is 11.1 Å². The van der Waals surface area contributed by atoms with Crippen LogP contribution in [0, 0.1) is 11.6 Å². The van der Waals surface area contributed by atoms with Gasteiger partial charge in [0.2, 0.25) is 5.91 Å². The van der Waals surface area contributed by atoms with Crippen LogP contribution in [0.25, 0.3) is 0 Å². The molecule has 0 radical (unpaired) electrons. The molecule has 5 heteroatoms. The van der Waals surface area contributed by atoms with Crippen molar-refractivity contribution in [2.45, 2.75) is 26.4 Å². The van der Waals surface area contributed by atoms with Crippen LogP contribution in [-0.4, -0.2) is 35.8 Å². The fraction of sp³-hybridized carbons (Fsp3) is 0.350. The van der Waals surface area contributed by atoms with Crippen LogP contribution >= 0.6 is 0 Å². The molecule has 0 aliphatic carbocycles. The molecule has 0 aliphatic rings. The quantitative estimate of drug-likeness (QED) is 0.756. The van der Waals surface area contributed by atoms with Crippen LogP contribution in [0.3, 0.4) is 0 Å². The second-order valence-electron chi connectivity index (χ2n) is 6.21. The fourth-order valence-corrected chi connectivity index (χ4v) is 2.91. The Morgan fingerprint density at radius 3 is 2.36 bits per heavy atom. The molecule has 0 N–H and O–H groups in total. The molecule has 25 heavy (non-hydrogen) atoms. The summed E-state index contributed by atoms with van der Waals surface area (Å²) in [6.07, 6.45) is 0. The maximum absolute atomic E-state index is 13.3. The van der Waals surface area contributed by atoms with Crippen molar-refractivity contribution < 1.29 is 13.6 Å². The highest BCUT2D eigenvalue weighted by molar-refractivity contribution is 5.78. The van der Waals surface area contributed by atoms with Gasteiger partial charge >= 0.3 is 0 Å². The number of hydrogen-bond acceptors (Lipinski definition) is 2. The minimum Gasteiger partial charge on any atom is -0.335 e. The van der Waals surface area contributed by atoms with Crippen LogP contribution in [0.2, 0.25) is 0 Å². The highest BCUT2D eigenvalue weighted by Crippen LogP contribution is 2.20. The number of amides is 1. The van der Waals surface area contributed by atoms with Crippen LogP contribution in [0.1, 0.15) is 31.0 Å². The zero-order valence-corrected chi connectivity index (χ0v) is 14.9. The second-order valence-corrected chi connectivity index (χ2v) is 6.21. The third kappa shape index (κ3) is 5.36. The molecular formula is C20H24F2N2O. The van der Waals surface area contributed by atoms with Gasteiger partial charge in [-0.15, -0.1) is 0 Å². The summed E-state index contributed by atoms with van der Waals surface area (Å²) < 4.78 is 26.3. The van der Waals surface area contributed by atoms with Gasteiger partial charge < -0.3 is 4.90 Å². The SMILES string of the molecule is CCN(C(=O)CN(C)Cc1cccc(F)c1)C(C)c1ccc(F)cc1. The molecular weight excluding hydrogens is 322 g/mol. The lowest BCUT2D eigenvalue weighted by molar-refractivity contribution is -0.134. The summed E-state index contributed by atoms with van der Waals surface area (Å²) in [6.45, 7) is 5.14. The summed E-state index contributed by atoms with van der Waals surface area (Å²) in [6, 6.07) is 12.4. The summed E-state index contributed by atoms with van der Waals surface area (Å²) in [7, 11) is 1.83. The minimum atomic E-state index is -0.292. The van der Waals surface area contributed by atoms with Crippen molar-refractivity contribution in [2.75, 3.05) is 20.1 Å². The smallest absolute Gasteiger partial charge is 0.237 e. The monoisotopic (exact) mass is 346 g/mol. The van der Waals surface area contributed by atoms with Gasteiger partial charge in [0.15, 0.2) is 0 Å². The Morgan fingerprint density at radius 1 is 1.08 bits per heavy atom. The van der Waals surface area contributed by atoms with E-state index in [-0.39, 0.29) is 30.1 Å². The second kappa shape index (κ2) is 8.72. The number of carbonyl (C=O) groups is 1. The minimum absolute atomic E-state index is 0.0155. The first-order valence-corrected chi connectivity index (χ1v) is 8.38. The molecule has 3 nitrogen and oxygen atoms in total. The Bertz CT molecular complexity index is 703. The molecule has 0 aromatic heterocycles. The zero-order valence-electron chi connectivity index (χ0n) is 14.9. The molecule has 1 amide bonds. The Kier molecular flexibility index (Phi) is 6.65. The van der Waals surface area contributed by atoms with Crippen molar-refractivity contribution in [1.82, 2.24) is 9.80 Å². The van der Waals surface area contributed by atoms with Gasteiger partial charge in [-0.25, -0.2) is 8.78 Å². The molecule has 134 valence electrons. The van der Waals surface area contributed by atoms with E-state index in [1.165, 1.54) is 24.3 Å². The predicted octanol–water partition coefficient (Wildman–Crippen LogP) is 4.01. The van der Waals surface area contributed by atoms with Crippen molar-refractivity contribution in [2.24, 2.45) is 0 Å². The standard InChI is InChI=1S/C20H24F2N2O/c1-4-24(15(2)17-8-10-18(21)11-9-17)20(25)14-23(3)13-16-6-5-7-19(22)12-16/h5-12,15H,4,13-14H2,1-3H3. The van der Waals surface area contributed by atoms with E-state index in [9.17, 15) is 13.6 Å². The molecule has 0 fully saturated rings. The first-order chi connectivity index (χ1) is 11.9.